The van der Waals surface area contributed by atoms with Crippen molar-refractivity contribution >= 4 is 50.5 Å². The number of hydrazone groups is 1. The van der Waals surface area contributed by atoms with Gasteiger partial charge in [0.25, 0.3) is 10.0 Å². The van der Waals surface area contributed by atoms with Gasteiger partial charge in [-0.1, -0.05) is 47.8 Å². The van der Waals surface area contributed by atoms with Crippen molar-refractivity contribution in [1.29, 1.82) is 0 Å². The summed E-state index contributed by atoms with van der Waals surface area (Å²) in [5, 5.41) is 5.35. The second kappa shape index (κ2) is 7.53. The third-order valence-corrected chi connectivity index (χ3v) is 5.03. The summed E-state index contributed by atoms with van der Waals surface area (Å²) in [5.74, 6) is 0. The molecular formula is C15H13Cl3N2O2S. The molecule has 0 fully saturated rings. The van der Waals surface area contributed by atoms with E-state index in [-0.39, 0.29) is 4.90 Å². The number of hydrogen-bond acceptors (Lipinski definition) is 3. The first-order chi connectivity index (χ1) is 10.8. The SMILES string of the molecule is CC/C(=N/NS(=O)(=O)c1ccc(Cl)cc1)c1ccc(Cl)cc1Cl. The summed E-state index contributed by atoms with van der Waals surface area (Å²) in [7, 11) is -3.78. The second-order valence-corrected chi connectivity index (χ2v) is 7.53. The van der Waals surface area contributed by atoms with Gasteiger partial charge in [0.05, 0.1) is 15.6 Å². The molecule has 0 radical (unpaired) electrons. The smallest absolute Gasteiger partial charge is 0.200 e. The molecule has 2 aromatic carbocycles. The van der Waals surface area contributed by atoms with Crippen LogP contribution in [-0.2, 0) is 10.0 Å². The van der Waals surface area contributed by atoms with Crippen molar-refractivity contribution in [3.63, 3.8) is 0 Å². The highest BCUT2D eigenvalue weighted by atomic mass is 35.5. The van der Waals surface area contributed by atoms with E-state index < -0.39 is 10.0 Å². The van der Waals surface area contributed by atoms with Crippen molar-refractivity contribution in [1.82, 2.24) is 4.83 Å². The van der Waals surface area contributed by atoms with Crippen LogP contribution in [-0.4, -0.2) is 14.1 Å². The molecule has 2 rings (SSSR count). The zero-order chi connectivity index (χ0) is 17.0. The maximum Gasteiger partial charge on any atom is 0.276 e. The molecule has 0 heterocycles. The summed E-state index contributed by atoms with van der Waals surface area (Å²) in [4.78, 5) is 2.28. The summed E-state index contributed by atoms with van der Waals surface area (Å²) >= 11 is 17.7. The van der Waals surface area contributed by atoms with Gasteiger partial charge in [0.15, 0.2) is 0 Å². The maximum absolute atomic E-state index is 12.2. The standard InChI is InChI=1S/C15H13Cl3N2O2S/c1-2-15(13-8-5-11(17)9-14(13)18)19-20-23(21,22)12-6-3-10(16)4-7-12/h3-9,20H,2H2,1H3/b19-15-. The maximum atomic E-state index is 12.2. The summed E-state index contributed by atoms with van der Waals surface area (Å²) in [6.45, 7) is 1.85. The van der Waals surface area contributed by atoms with Gasteiger partial charge >= 0.3 is 0 Å². The van der Waals surface area contributed by atoms with Gasteiger partial charge in [-0.05, 0) is 42.8 Å². The number of nitrogens with zero attached hydrogens (tertiary/aromatic N) is 1. The first-order valence-electron chi connectivity index (χ1n) is 6.63. The van der Waals surface area contributed by atoms with E-state index in [9.17, 15) is 8.42 Å². The molecular weight excluding hydrogens is 379 g/mol. The molecule has 8 heteroatoms. The van der Waals surface area contributed by atoms with E-state index in [0.29, 0.717) is 32.8 Å². The van der Waals surface area contributed by atoms with Crippen LogP contribution in [0.25, 0.3) is 0 Å². The quantitative estimate of drug-likeness (QED) is 0.591. The first kappa shape index (κ1) is 18.1. The fourth-order valence-corrected chi connectivity index (χ4v) is 3.31. The van der Waals surface area contributed by atoms with Gasteiger partial charge < -0.3 is 0 Å². The molecule has 1 N–H and O–H groups in total. The van der Waals surface area contributed by atoms with Gasteiger partial charge in [0.2, 0.25) is 0 Å². The van der Waals surface area contributed by atoms with Crippen molar-refractivity contribution in [3.8, 4) is 0 Å². The van der Waals surface area contributed by atoms with Gasteiger partial charge in [-0.2, -0.15) is 18.4 Å². The highest BCUT2D eigenvalue weighted by Crippen LogP contribution is 2.22. The normalized spacial score (nSPS) is 12.3. The zero-order valence-electron chi connectivity index (χ0n) is 12.1. The summed E-state index contributed by atoms with van der Waals surface area (Å²) in [6.07, 6.45) is 0.491. The first-order valence-corrected chi connectivity index (χ1v) is 9.24. The molecule has 0 unspecified atom stereocenters. The molecule has 122 valence electrons. The van der Waals surface area contributed by atoms with Gasteiger partial charge in [0, 0.05) is 15.6 Å². The lowest BCUT2D eigenvalue weighted by molar-refractivity contribution is 0.584. The molecule has 0 aliphatic rings. The second-order valence-electron chi connectivity index (χ2n) is 4.58. The topological polar surface area (TPSA) is 58.5 Å². The Balaban J connectivity index is 2.30. The van der Waals surface area contributed by atoms with Gasteiger partial charge in [-0.3, -0.25) is 0 Å². The number of benzene rings is 2. The molecule has 4 nitrogen and oxygen atoms in total. The Morgan fingerprint density at radius 1 is 1.04 bits per heavy atom. The minimum absolute atomic E-state index is 0.0725. The van der Waals surface area contributed by atoms with Crippen LogP contribution in [0.4, 0.5) is 0 Å². The third kappa shape index (κ3) is 4.61. The molecule has 0 spiro atoms. The highest BCUT2D eigenvalue weighted by Gasteiger charge is 2.14. The van der Waals surface area contributed by atoms with Crippen LogP contribution >= 0.6 is 34.8 Å². The van der Waals surface area contributed by atoms with Gasteiger partial charge in [-0.15, -0.1) is 0 Å². The molecule has 23 heavy (non-hydrogen) atoms. The lowest BCUT2D eigenvalue weighted by Gasteiger charge is -2.09. The molecule has 2 aromatic rings. The van der Waals surface area contributed by atoms with Crippen molar-refractivity contribution in [2.75, 3.05) is 0 Å². The number of sulfonamides is 1. The Kier molecular flexibility index (Phi) is 5.92. The molecule has 0 saturated carbocycles. The van der Waals surface area contributed by atoms with E-state index in [1.807, 2.05) is 6.92 Å². The Labute approximate surface area is 150 Å². The van der Waals surface area contributed by atoms with Crippen molar-refractivity contribution in [2.24, 2.45) is 5.10 Å². The Bertz CT molecular complexity index is 834. The van der Waals surface area contributed by atoms with E-state index in [1.54, 1.807) is 18.2 Å². The lowest BCUT2D eigenvalue weighted by atomic mass is 10.1. The Hall–Kier alpha value is -1.27. The summed E-state index contributed by atoms with van der Waals surface area (Å²) < 4.78 is 24.4. The fourth-order valence-electron chi connectivity index (χ4n) is 1.83. The fraction of sp³-hybridized carbons (Fsp3) is 0.133. The van der Waals surface area contributed by atoms with Crippen LogP contribution in [0.2, 0.25) is 15.1 Å². The highest BCUT2D eigenvalue weighted by molar-refractivity contribution is 7.89. The van der Waals surface area contributed by atoms with Crippen LogP contribution in [0, 0.1) is 0 Å². The zero-order valence-corrected chi connectivity index (χ0v) is 15.1. The van der Waals surface area contributed by atoms with E-state index in [4.69, 9.17) is 34.8 Å². The number of halogens is 3. The van der Waals surface area contributed by atoms with Crippen LogP contribution < -0.4 is 4.83 Å². The molecule has 0 bridgehead atoms. The summed E-state index contributed by atoms with van der Waals surface area (Å²) in [6, 6.07) is 10.7. The van der Waals surface area contributed by atoms with Crippen LogP contribution in [0.5, 0.6) is 0 Å². The minimum atomic E-state index is -3.78. The Morgan fingerprint density at radius 2 is 1.65 bits per heavy atom. The summed E-state index contributed by atoms with van der Waals surface area (Å²) in [5.41, 5.74) is 1.13. The molecule has 0 amide bonds. The van der Waals surface area contributed by atoms with Crippen molar-refractivity contribution in [2.45, 2.75) is 18.2 Å². The van der Waals surface area contributed by atoms with Gasteiger partial charge in [0.1, 0.15) is 0 Å². The van der Waals surface area contributed by atoms with E-state index in [1.165, 1.54) is 24.3 Å². The number of rotatable bonds is 5. The van der Waals surface area contributed by atoms with Crippen LogP contribution in [0.1, 0.15) is 18.9 Å². The number of nitrogens with one attached hydrogen (secondary N) is 1. The largest absolute Gasteiger partial charge is 0.276 e. The predicted molar refractivity (Wildman–Crippen MR) is 95.1 cm³/mol. The van der Waals surface area contributed by atoms with Crippen LogP contribution in [0.3, 0.4) is 0 Å². The lowest BCUT2D eigenvalue weighted by Crippen LogP contribution is -2.20. The van der Waals surface area contributed by atoms with Crippen molar-refractivity contribution < 1.29 is 8.42 Å². The number of hydrogen-bond donors (Lipinski definition) is 1. The average molecular weight is 392 g/mol. The van der Waals surface area contributed by atoms with Crippen LogP contribution in [0.15, 0.2) is 52.5 Å². The molecule has 0 aliphatic carbocycles. The van der Waals surface area contributed by atoms with Gasteiger partial charge in [-0.25, -0.2) is 0 Å². The molecule has 0 aliphatic heterocycles. The predicted octanol–water partition coefficient (Wildman–Crippen LogP) is 4.74. The monoisotopic (exact) mass is 390 g/mol. The molecule has 0 atom stereocenters. The third-order valence-electron chi connectivity index (χ3n) is 3.00. The Morgan fingerprint density at radius 3 is 2.22 bits per heavy atom. The van der Waals surface area contributed by atoms with E-state index in [0.717, 1.165) is 0 Å². The molecule has 0 aromatic heterocycles. The molecule has 0 saturated heterocycles. The van der Waals surface area contributed by atoms with Crippen molar-refractivity contribution in [3.05, 3.63) is 63.1 Å². The average Bonchev–Trinajstić information content (AvgIpc) is 2.50. The minimum Gasteiger partial charge on any atom is -0.200 e. The van der Waals surface area contributed by atoms with E-state index >= 15 is 0 Å². The van der Waals surface area contributed by atoms with E-state index in [2.05, 4.69) is 9.93 Å².